The molecule has 0 saturated carbocycles. The molecular weight excluding hydrogens is 248 g/mol. The highest BCUT2D eigenvalue weighted by Gasteiger charge is 2.21. The van der Waals surface area contributed by atoms with Crippen LogP contribution in [0.15, 0.2) is 0 Å². The maximum Gasteiger partial charge on any atom is 0.305 e. The summed E-state index contributed by atoms with van der Waals surface area (Å²) in [4.78, 5) is 11.5. The minimum Gasteiger partial charge on any atom is -0.463 e. The number of rotatable bonds is 9. The van der Waals surface area contributed by atoms with Crippen LogP contribution < -0.4 is 0 Å². The molecule has 0 aromatic heterocycles. The molecule has 0 bridgehead atoms. The Morgan fingerprint density at radius 3 is 2.32 bits per heavy atom. The molecule has 0 saturated heterocycles. The molecule has 2 atom stereocenters. The molecule has 0 aliphatic rings. The third kappa shape index (κ3) is 8.97. The van der Waals surface area contributed by atoms with Crippen LogP contribution in [0.2, 0.25) is 0 Å². The average molecular weight is 276 g/mol. The minimum atomic E-state index is -0.402. The van der Waals surface area contributed by atoms with Crippen LogP contribution in [0.3, 0.4) is 0 Å². The summed E-state index contributed by atoms with van der Waals surface area (Å²) in [6, 6.07) is 0. The van der Waals surface area contributed by atoms with Gasteiger partial charge in [-0.1, -0.05) is 20.8 Å². The van der Waals surface area contributed by atoms with Crippen LogP contribution in [-0.4, -0.2) is 50.7 Å². The van der Waals surface area contributed by atoms with Crippen molar-refractivity contribution in [3.63, 3.8) is 0 Å². The van der Waals surface area contributed by atoms with E-state index in [2.05, 4.69) is 0 Å². The van der Waals surface area contributed by atoms with Crippen molar-refractivity contribution < 1.29 is 24.1 Å². The van der Waals surface area contributed by atoms with Crippen molar-refractivity contribution in [2.45, 2.75) is 52.2 Å². The van der Waals surface area contributed by atoms with Crippen molar-refractivity contribution in [1.82, 2.24) is 0 Å². The van der Waals surface area contributed by atoms with E-state index in [1.165, 1.54) is 0 Å². The predicted octanol–water partition coefficient (Wildman–Crippen LogP) is 1.77. The Kier molecular flexibility index (Phi) is 8.97. The van der Waals surface area contributed by atoms with Gasteiger partial charge in [-0.15, -0.1) is 0 Å². The molecule has 0 aromatic rings. The summed E-state index contributed by atoms with van der Waals surface area (Å²) < 4.78 is 15.1. The van der Waals surface area contributed by atoms with Crippen LogP contribution in [0.4, 0.5) is 0 Å². The number of aliphatic hydroxyl groups excluding tert-OH is 1. The summed E-state index contributed by atoms with van der Waals surface area (Å²) in [5.41, 5.74) is -0.149. The highest BCUT2D eigenvalue weighted by atomic mass is 16.6. The molecule has 5 heteroatoms. The maximum absolute atomic E-state index is 11.5. The van der Waals surface area contributed by atoms with E-state index >= 15 is 0 Å². The highest BCUT2D eigenvalue weighted by Crippen LogP contribution is 2.23. The fourth-order valence-corrected chi connectivity index (χ4v) is 1.50. The second kappa shape index (κ2) is 9.28. The molecule has 1 N–H and O–H groups in total. The summed E-state index contributed by atoms with van der Waals surface area (Å²) in [7, 11) is 3.12. The molecule has 0 aliphatic carbocycles. The largest absolute Gasteiger partial charge is 0.463 e. The van der Waals surface area contributed by atoms with Gasteiger partial charge >= 0.3 is 5.97 Å². The van der Waals surface area contributed by atoms with Gasteiger partial charge in [-0.25, -0.2) is 0 Å². The van der Waals surface area contributed by atoms with Gasteiger partial charge in [0.05, 0.1) is 12.7 Å². The van der Waals surface area contributed by atoms with Gasteiger partial charge in [0.1, 0.15) is 12.7 Å². The van der Waals surface area contributed by atoms with Crippen molar-refractivity contribution in [2.24, 2.45) is 5.41 Å². The van der Waals surface area contributed by atoms with Crippen molar-refractivity contribution in [2.75, 3.05) is 27.4 Å². The van der Waals surface area contributed by atoms with Gasteiger partial charge in [0.25, 0.3) is 0 Å². The first-order valence-electron chi connectivity index (χ1n) is 6.66. The van der Waals surface area contributed by atoms with Crippen LogP contribution >= 0.6 is 0 Å². The quantitative estimate of drug-likeness (QED) is 0.650. The minimum absolute atomic E-state index is 0.149. The molecule has 0 aromatic carbocycles. The van der Waals surface area contributed by atoms with E-state index in [9.17, 15) is 9.90 Å². The van der Waals surface area contributed by atoms with Gasteiger partial charge in [-0.2, -0.15) is 0 Å². The number of carbonyl (C=O) groups excluding carboxylic acids is 1. The van der Waals surface area contributed by atoms with E-state index in [1.54, 1.807) is 14.2 Å². The van der Waals surface area contributed by atoms with Gasteiger partial charge < -0.3 is 19.3 Å². The number of hydrogen-bond acceptors (Lipinski definition) is 5. The summed E-state index contributed by atoms with van der Waals surface area (Å²) in [6.07, 6.45) is 0.912. The smallest absolute Gasteiger partial charge is 0.305 e. The van der Waals surface area contributed by atoms with Gasteiger partial charge in [0.2, 0.25) is 0 Å². The Bertz CT molecular complexity index is 247. The molecule has 19 heavy (non-hydrogen) atoms. The summed E-state index contributed by atoms with van der Waals surface area (Å²) in [5, 5.41) is 9.84. The lowest BCUT2D eigenvalue weighted by molar-refractivity contribution is -0.148. The number of hydrogen-bond donors (Lipinski definition) is 1. The van der Waals surface area contributed by atoms with Crippen molar-refractivity contribution >= 4 is 5.97 Å². The molecule has 0 amide bonds. The zero-order valence-electron chi connectivity index (χ0n) is 12.8. The summed E-state index contributed by atoms with van der Waals surface area (Å²) in [6.45, 7) is 6.52. The zero-order chi connectivity index (χ0) is 14.9. The molecule has 0 spiro atoms. The number of carbonyl (C=O) groups is 1. The molecular formula is C14H28O5. The predicted molar refractivity (Wildman–Crippen MR) is 72.9 cm³/mol. The Morgan fingerprint density at radius 2 is 1.84 bits per heavy atom. The molecule has 0 aliphatic heterocycles. The number of aliphatic hydroxyl groups is 1. The molecule has 0 fully saturated rings. The van der Waals surface area contributed by atoms with Crippen molar-refractivity contribution in [3.05, 3.63) is 0 Å². The Labute approximate surface area is 116 Å². The standard InChI is InChI=1S/C14H28O5/c1-14(2,3)12(15)7-6-8-13(16)19-10-11(18-5)9-17-4/h11-12,15H,6-10H2,1-5H3. The van der Waals surface area contributed by atoms with Crippen LogP contribution in [0.25, 0.3) is 0 Å². The fourth-order valence-electron chi connectivity index (χ4n) is 1.50. The number of methoxy groups -OCH3 is 2. The second-order valence-electron chi connectivity index (χ2n) is 5.77. The van der Waals surface area contributed by atoms with Gasteiger partial charge in [0, 0.05) is 20.6 Å². The monoisotopic (exact) mass is 276 g/mol. The highest BCUT2D eigenvalue weighted by molar-refractivity contribution is 5.69. The van der Waals surface area contributed by atoms with Crippen LogP contribution in [0.1, 0.15) is 40.0 Å². The van der Waals surface area contributed by atoms with E-state index in [1.807, 2.05) is 20.8 Å². The SMILES string of the molecule is COCC(COC(=O)CCCC(O)C(C)(C)C)OC. The van der Waals surface area contributed by atoms with E-state index in [4.69, 9.17) is 14.2 Å². The third-order valence-corrected chi connectivity index (χ3v) is 2.97. The van der Waals surface area contributed by atoms with Crippen LogP contribution in [0, 0.1) is 5.41 Å². The Hall–Kier alpha value is -0.650. The number of ether oxygens (including phenoxy) is 3. The lowest BCUT2D eigenvalue weighted by Crippen LogP contribution is -2.27. The van der Waals surface area contributed by atoms with Crippen LogP contribution in [-0.2, 0) is 19.0 Å². The first-order chi connectivity index (χ1) is 8.81. The number of esters is 1. The lowest BCUT2D eigenvalue weighted by atomic mass is 9.86. The van der Waals surface area contributed by atoms with Gasteiger partial charge in [-0.3, -0.25) is 4.79 Å². The summed E-state index contributed by atoms with van der Waals surface area (Å²) in [5.74, 6) is -0.265. The van der Waals surface area contributed by atoms with Crippen molar-refractivity contribution in [3.8, 4) is 0 Å². The van der Waals surface area contributed by atoms with Crippen molar-refractivity contribution in [1.29, 1.82) is 0 Å². The fraction of sp³-hybridized carbons (Fsp3) is 0.929. The molecule has 0 rings (SSSR count). The van der Waals surface area contributed by atoms with Gasteiger partial charge in [-0.05, 0) is 18.3 Å². The van der Waals surface area contributed by atoms with Gasteiger partial charge in [0.15, 0.2) is 0 Å². The van der Waals surface area contributed by atoms with E-state index < -0.39 is 6.10 Å². The second-order valence-corrected chi connectivity index (χ2v) is 5.77. The third-order valence-electron chi connectivity index (χ3n) is 2.97. The summed E-state index contributed by atoms with van der Waals surface area (Å²) >= 11 is 0. The first-order valence-corrected chi connectivity index (χ1v) is 6.66. The Balaban J connectivity index is 3.76. The molecule has 2 unspecified atom stereocenters. The van der Waals surface area contributed by atoms with E-state index in [-0.39, 0.29) is 24.1 Å². The molecule has 114 valence electrons. The molecule has 5 nitrogen and oxygen atoms in total. The van der Waals surface area contributed by atoms with E-state index in [0.717, 1.165) is 0 Å². The first kappa shape index (κ1) is 18.4. The lowest BCUT2D eigenvalue weighted by Gasteiger charge is -2.25. The van der Waals surface area contributed by atoms with Crippen LogP contribution in [0.5, 0.6) is 0 Å². The maximum atomic E-state index is 11.5. The average Bonchev–Trinajstić information content (AvgIpc) is 2.33. The molecule has 0 heterocycles. The van der Waals surface area contributed by atoms with E-state index in [0.29, 0.717) is 25.9 Å². The zero-order valence-corrected chi connectivity index (χ0v) is 12.8. The topological polar surface area (TPSA) is 65.0 Å². The Morgan fingerprint density at radius 1 is 1.21 bits per heavy atom. The normalized spacial score (nSPS) is 15.1. The molecule has 0 radical (unpaired) electrons.